The lowest BCUT2D eigenvalue weighted by atomic mass is 10.2. The molecule has 0 aromatic heterocycles. The molecule has 0 aliphatic heterocycles. The summed E-state index contributed by atoms with van der Waals surface area (Å²) in [6.07, 6.45) is 3.84. The fourth-order valence-corrected chi connectivity index (χ4v) is 1.53. The molecule has 0 aliphatic carbocycles. The van der Waals surface area contributed by atoms with Crippen molar-refractivity contribution >= 4 is 5.91 Å². The van der Waals surface area contributed by atoms with Crippen LogP contribution < -0.4 is 10.1 Å². The van der Waals surface area contributed by atoms with E-state index in [1.54, 1.807) is 6.08 Å². The maximum Gasteiger partial charge on any atom is 0.220 e. The number of carbonyl (C=O) groups is 1. The first-order valence-corrected chi connectivity index (χ1v) is 6.29. The normalized spacial score (nSPS) is 9.83. The van der Waals surface area contributed by atoms with Crippen LogP contribution in [-0.2, 0) is 4.79 Å². The van der Waals surface area contributed by atoms with E-state index in [0.29, 0.717) is 19.6 Å². The van der Waals surface area contributed by atoms with Crippen LogP contribution in [0.3, 0.4) is 0 Å². The van der Waals surface area contributed by atoms with Crippen molar-refractivity contribution in [2.24, 2.45) is 0 Å². The van der Waals surface area contributed by atoms with E-state index in [-0.39, 0.29) is 5.91 Å². The van der Waals surface area contributed by atoms with Crippen molar-refractivity contribution in [1.29, 1.82) is 0 Å². The standard InChI is InChI=1S/C15H21NO2/c1-3-4-10-16-15(17)9-6-11-18-14-8-5-7-13(2)12-14/h3,5,7-8,12H,1,4,6,9-11H2,2H3,(H,16,17). The number of hydrogen-bond acceptors (Lipinski definition) is 2. The first-order valence-electron chi connectivity index (χ1n) is 6.29. The molecule has 1 aromatic rings. The molecular formula is C15H21NO2. The molecule has 3 nitrogen and oxygen atoms in total. The number of aryl methyl sites for hydroxylation is 1. The van der Waals surface area contributed by atoms with Crippen molar-refractivity contribution in [2.75, 3.05) is 13.2 Å². The number of hydrogen-bond donors (Lipinski definition) is 1. The lowest BCUT2D eigenvalue weighted by Gasteiger charge is -2.07. The van der Waals surface area contributed by atoms with Gasteiger partial charge in [0, 0.05) is 13.0 Å². The summed E-state index contributed by atoms with van der Waals surface area (Å²) in [6, 6.07) is 7.91. The van der Waals surface area contributed by atoms with Gasteiger partial charge in [-0.3, -0.25) is 4.79 Å². The molecule has 0 radical (unpaired) electrons. The van der Waals surface area contributed by atoms with Crippen molar-refractivity contribution in [3.8, 4) is 5.75 Å². The first kappa shape index (κ1) is 14.3. The summed E-state index contributed by atoms with van der Waals surface area (Å²) in [5.41, 5.74) is 1.18. The zero-order valence-electron chi connectivity index (χ0n) is 10.9. The summed E-state index contributed by atoms with van der Waals surface area (Å²) in [5.74, 6) is 0.937. The summed E-state index contributed by atoms with van der Waals surface area (Å²) in [7, 11) is 0. The van der Waals surface area contributed by atoms with Crippen LogP contribution in [-0.4, -0.2) is 19.1 Å². The van der Waals surface area contributed by atoms with Crippen molar-refractivity contribution in [3.63, 3.8) is 0 Å². The second-order valence-corrected chi connectivity index (χ2v) is 4.20. The van der Waals surface area contributed by atoms with E-state index < -0.39 is 0 Å². The van der Waals surface area contributed by atoms with E-state index in [1.165, 1.54) is 5.56 Å². The molecule has 1 N–H and O–H groups in total. The lowest BCUT2D eigenvalue weighted by Crippen LogP contribution is -2.24. The Morgan fingerprint density at radius 1 is 1.50 bits per heavy atom. The van der Waals surface area contributed by atoms with E-state index in [2.05, 4.69) is 11.9 Å². The SMILES string of the molecule is C=CCCNC(=O)CCCOc1cccc(C)c1. The third-order valence-corrected chi connectivity index (χ3v) is 2.48. The third kappa shape index (κ3) is 6.09. The van der Waals surface area contributed by atoms with Gasteiger partial charge in [0.05, 0.1) is 6.61 Å². The minimum absolute atomic E-state index is 0.0738. The predicted octanol–water partition coefficient (Wildman–Crippen LogP) is 2.85. The Kier molecular flexibility index (Phi) is 6.62. The maximum absolute atomic E-state index is 11.4. The fourth-order valence-electron chi connectivity index (χ4n) is 1.53. The van der Waals surface area contributed by atoms with Gasteiger partial charge in [-0.1, -0.05) is 18.2 Å². The van der Waals surface area contributed by atoms with Crippen LogP contribution in [0.1, 0.15) is 24.8 Å². The Hall–Kier alpha value is -1.77. The monoisotopic (exact) mass is 247 g/mol. The topological polar surface area (TPSA) is 38.3 Å². The van der Waals surface area contributed by atoms with Gasteiger partial charge in [-0.05, 0) is 37.5 Å². The van der Waals surface area contributed by atoms with Crippen molar-refractivity contribution in [2.45, 2.75) is 26.2 Å². The van der Waals surface area contributed by atoms with Gasteiger partial charge in [0.2, 0.25) is 5.91 Å². The van der Waals surface area contributed by atoms with Crippen molar-refractivity contribution in [3.05, 3.63) is 42.5 Å². The molecule has 0 saturated carbocycles. The molecular weight excluding hydrogens is 226 g/mol. The predicted molar refractivity (Wildman–Crippen MR) is 73.7 cm³/mol. The number of benzene rings is 1. The Morgan fingerprint density at radius 3 is 3.06 bits per heavy atom. The zero-order chi connectivity index (χ0) is 13.2. The highest BCUT2D eigenvalue weighted by molar-refractivity contribution is 5.75. The van der Waals surface area contributed by atoms with E-state index in [4.69, 9.17) is 4.74 Å². The maximum atomic E-state index is 11.4. The summed E-state index contributed by atoms with van der Waals surface area (Å²) >= 11 is 0. The van der Waals surface area contributed by atoms with Crippen LogP contribution in [0.25, 0.3) is 0 Å². The smallest absolute Gasteiger partial charge is 0.220 e. The number of carbonyl (C=O) groups excluding carboxylic acids is 1. The molecule has 0 atom stereocenters. The lowest BCUT2D eigenvalue weighted by molar-refractivity contribution is -0.121. The average Bonchev–Trinajstić information content (AvgIpc) is 2.35. The van der Waals surface area contributed by atoms with Gasteiger partial charge in [-0.25, -0.2) is 0 Å². The zero-order valence-corrected chi connectivity index (χ0v) is 10.9. The summed E-state index contributed by atoms with van der Waals surface area (Å²) in [6.45, 7) is 6.87. The highest BCUT2D eigenvalue weighted by atomic mass is 16.5. The van der Waals surface area contributed by atoms with Crippen LogP contribution >= 0.6 is 0 Å². The fraction of sp³-hybridized carbons (Fsp3) is 0.400. The molecule has 0 aliphatic rings. The quantitative estimate of drug-likeness (QED) is 0.566. The third-order valence-electron chi connectivity index (χ3n) is 2.48. The van der Waals surface area contributed by atoms with Crippen molar-refractivity contribution < 1.29 is 9.53 Å². The van der Waals surface area contributed by atoms with Gasteiger partial charge in [-0.2, -0.15) is 0 Å². The van der Waals surface area contributed by atoms with Gasteiger partial charge >= 0.3 is 0 Å². The van der Waals surface area contributed by atoms with E-state index in [1.807, 2.05) is 31.2 Å². The Balaban J connectivity index is 2.11. The molecule has 0 heterocycles. The number of amides is 1. The average molecular weight is 247 g/mol. The second kappa shape index (κ2) is 8.34. The highest BCUT2D eigenvalue weighted by Crippen LogP contribution is 2.12. The minimum Gasteiger partial charge on any atom is -0.494 e. The van der Waals surface area contributed by atoms with E-state index >= 15 is 0 Å². The Bertz CT molecular complexity index is 388. The van der Waals surface area contributed by atoms with Gasteiger partial charge < -0.3 is 10.1 Å². The van der Waals surface area contributed by atoms with Crippen LogP contribution in [0.2, 0.25) is 0 Å². The van der Waals surface area contributed by atoms with Gasteiger partial charge in [0.25, 0.3) is 0 Å². The van der Waals surface area contributed by atoms with Crippen molar-refractivity contribution in [1.82, 2.24) is 5.32 Å². The molecule has 0 saturated heterocycles. The van der Waals surface area contributed by atoms with Gasteiger partial charge in [0.1, 0.15) is 5.75 Å². The van der Waals surface area contributed by atoms with Crippen LogP contribution in [0.15, 0.2) is 36.9 Å². The first-order chi connectivity index (χ1) is 8.72. The molecule has 0 unspecified atom stereocenters. The van der Waals surface area contributed by atoms with Crippen LogP contribution in [0.4, 0.5) is 0 Å². The molecule has 1 amide bonds. The van der Waals surface area contributed by atoms with Crippen LogP contribution in [0, 0.1) is 6.92 Å². The molecule has 98 valence electrons. The Morgan fingerprint density at radius 2 is 2.33 bits per heavy atom. The Labute approximate surface area is 109 Å². The number of rotatable bonds is 8. The highest BCUT2D eigenvalue weighted by Gasteiger charge is 2.00. The number of nitrogens with one attached hydrogen (secondary N) is 1. The second-order valence-electron chi connectivity index (χ2n) is 4.20. The van der Waals surface area contributed by atoms with E-state index in [0.717, 1.165) is 18.6 Å². The number of ether oxygens (including phenoxy) is 1. The largest absolute Gasteiger partial charge is 0.494 e. The summed E-state index contributed by atoms with van der Waals surface area (Å²) in [4.78, 5) is 11.4. The van der Waals surface area contributed by atoms with Crippen LogP contribution in [0.5, 0.6) is 5.75 Å². The van der Waals surface area contributed by atoms with E-state index in [9.17, 15) is 4.79 Å². The minimum atomic E-state index is 0.0738. The molecule has 0 bridgehead atoms. The summed E-state index contributed by atoms with van der Waals surface area (Å²) < 4.78 is 5.57. The molecule has 0 fully saturated rings. The van der Waals surface area contributed by atoms with Gasteiger partial charge in [0.15, 0.2) is 0 Å². The molecule has 1 rings (SSSR count). The molecule has 18 heavy (non-hydrogen) atoms. The molecule has 0 spiro atoms. The molecule has 3 heteroatoms. The summed E-state index contributed by atoms with van der Waals surface area (Å²) in [5, 5.41) is 2.83. The molecule has 1 aromatic carbocycles. The van der Waals surface area contributed by atoms with Gasteiger partial charge in [-0.15, -0.1) is 6.58 Å².